The molecule has 0 spiro atoms. The van der Waals surface area contributed by atoms with Gasteiger partial charge in [-0.25, -0.2) is 0 Å². The van der Waals surface area contributed by atoms with Gasteiger partial charge in [-0.2, -0.15) is 0 Å². The minimum Gasteiger partial charge on any atom is -0.107 e. The third-order valence-corrected chi connectivity index (χ3v) is 5.37. The molecule has 66 valence electrons. The van der Waals surface area contributed by atoms with E-state index >= 15 is 0 Å². The molecule has 0 aromatic heterocycles. The molecule has 1 saturated heterocycles. The Morgan fingerprint density at radius 1 is 1.00 bits per heavy atom. The van der Waals surface area contributed by atoms with Gasteiger partial charge in [-0.05, 0) is 37.7 Å². The fourth-order valence-electron chi connectivity index (χ4n) is 1.77. The van der Waals surface area contributed by atoms with Gasteiger partial charge in [-0.15, -0.1) is 7.92 Å². The molecule has 1 rings (SSSR count). The van der Waals surface area contributed by atoms with E-state index in [9.17, 15) is 0 Å². The molecule has 1 aliphatic rings. The molecule has 1 heterocycles. The molecular weight excluding hydrogens is 151 g/mol. The molecule has 1 aliphatic heterocycles. The Bertz CT molecular complexity index is 84.9. The van der Waals surface area contributed by atoms with E-state index < -0.39 is 0 Å². The molecule has 11 heavy (non-hydrogen) atoms. The van der Waals surface area contributed by atoms with Gasteiger partial charge in [0.05, 0.1) is 0 Å². The van der Waals surface area contributed by atoms with Gasteiger partial charge in [0.25, 0.3) is 0 Å². The molecule has 0 amide bonds. The maximum Gasteiger partial charge on any atom is -0.0326 e. The number of hydrogen-bond donors (Lipinski definition) is 0. The van der Waals surface area contributed by atoms with Crippen molar-refractivity contribution in [2.75, 3.05) is 18.5 Å². The van der Waals surface area contributed by atoms with Gasteiger partial charge in [0.1, 0.15) is 0 Å². The molecule has 0 unspecified atom stereocenters. The maximum atomic E-state index is 2.29. The Kier molecular flexibility index (Phi) is 5.19. The average Bonchev–Trinajstić information content (AvgIpc) is 2.50. The Morgan fingerprint density at radius 2 is 1.73 bits per heavy atom. The normalized spacial score (nSPS) is 19.4. The standard InChI is InChI=1S/C10H21P/c1-2-3-4-5-8-11-9-6-7-10-11/h2-10H2,1H3. The van der Waals surface area contributed by atoms with Crippen LogP contribution in [0.3, 0.4) is 0 Å². The highest BCUT2D eigenvalue weighted by atomic mass is 31.1. The summed E-state index contributed by atoms with van der Waals surface area (Å²) in [4.78, 5) is 0. The second kappa shape index (κ2) is 6.00. The fourth-order valence-corrected chi connectivity index (χ4v) is 4.45. The van der Waals surface area contributed by atoms with Crippen LogP contribution in [0, 0.1) is 0 Å². The van der Waals surface area contributed by atoms with Crippen LogP contribution in [0.2, 0.25) is 0 Å². The summed E-state index contributed by atoms with van der Waals surface area (Å²) < 4.78 is 0. The highest BCUT2D eigenvalue weighted by molar-refractivity contribution is 7.57. The van der Waals surface area contributed by atoms with Gasteiger partial charge in [0.2, 0.25) is 0 Å². The van der Waals surface area contributed by atoms with Gasteiger partial charge in [-0.1, -0.05) is 26.2 Å². The van der Waals surface area contributed by atoms with Gasteiger partial charge >= 0.3 is 0 Å². The maximum absolute atomic E-state index is 2.29. The van der Waals surface area contributed by atoms with E-state index in [0.717, 1.165) is 0 Å². The molecule has 0 bridgehead atoms. The number of hydrogen-bond acceptors (Lipinski definition) is 0. The molecule has 0 atom stereocenters. The summed E-state index contributed by atoms with van der Waals surface area (Å²) in [7, 11) is 0.538. The van der Waals surface area contributed by atoms with Crippen molar-refractivity contribution in [3.63, 3.8) is 0 Å². The summed E-state index contributed by atoms with van der Waals surface area (Å²) >= 11 is 0. The molecule has 1 heteroatoms. The SMILES string of the molecule is CCCCCCP1CCCC1. The minimum atomic E-state index is 0.538. The molecule has 0 nitrogen and oxygen atoms in total. The lowest BCUT2D eigenvalue weighted by molar-refractivity contribution is 0.705. The highest BCUT2D eigenvalue weighted by Gasteiger charge is 2.12. The van der Waals surface area contributed by atoms with E-state index in [1.54, 1.807) is 31.3 Å². The van der Waals surface area contributed by atoms with E-state index in [-0.39, 0.29) is 0 Å². The molecule has 0 radical (unpaired) electrons. The number of rotatable bonds is 5. The second-order valence-corrected chi connectivity index (χ2v) is 6.29. The van der Waals surface area contributed by atoms with Crippen LogP contribution in [0.25, 0.3) is 0 Å². The second-order valence-electron chi connectivity index (χ2n) is 3.61. The van der Waals surface area contributed by atoms with Gasteiger partial charge in [0.15, 0.2) is 0 Å². The van der Waals surface area contributed by atoms with E-state index in [4.69, 9.17) is 0 Å². The van der Waals surface area contributed by atoms with Gasteiger partial charge in [-0.3, -0.25) is 0 Å². The van der Waals surface area contributed by atoms with E-state index in [0.29, 0.717) is 7.92 Å². The third kappa shape index (κ3) is 4.11. The minimum absolute atomic E-state index is 0.538. The predicted molar refractivity (Wildman–Crippen MR) is 54.9 cm³/mol. The molecule has 0 aromatic carbocycles. The molecule has 1 fully saturated rings. The first-order chi connectivity index (χ1) is 5.43. The first-order valence-electron chi connectivity index (χ1n) is 5.16. The number of unbranched alkanes of at least 4 members (excludes halogenated alkanes) is 3. The van der Waals surface area contributed by atoms with Crippen LogP contribution in [0.5, 0.6) is 0 Å². The quantitative estimate of drug-likeness (QED) is 0.436. The van der Waals surface area contributed by atoms with Crippen LogP contribution >= 0.6 is 7.92 Å². The Hall–Kier alpha value is 0.430. The topological polar surface area (TPSA) is 0 Å². The van der Waals surface area contributed by atoms with Gasteiger partial charge in [0, 0.05) is 0 Å². The molecule has 0 aliphatic carbocycles. The van der Waals surface area contributed by atoms with Crippen LogP contribution in [0.1, 0.15) is 45.4 Å². The van der Waals surface area contributed by atoms with Crippen molar-refractivity contribution in [2.24, 2.45) is 0 Å². The van der Waals surface area contributed by atoms with Crippen LogP contribution < -0.4 is 0 Å². The lowest BCUT2D eigenvalue weighted by Crippen LogP contribution is -1.86. The van der Waals surface area contributed by atoms with Crippen molar-refractivity contribution < 1.29 is 0 Å². The van der Waals surface area contributed by atoms with Gasteiger partial charge < -0.3 is 0 Å². The van der Waals surface area contributed by atoms with Crippen molar-refractivity contribution in [1.29, 1.82) is 0 Å². The third-order valence-electron chi connectivity index (χ3n) is 2.53. The molecule has 0 saturated carbocycles. The highest BCUT2D eigenvalue weighted by Crippen LogP contribution is 2.43. The summed E-state index contributed by atoms with van der Waals surface area (Å²) in [6.07, 6.45) is 13.7. The smallest absolute Gasteiger partial charge is 0.0326 e. The summed E-state index contributed by atoms with van der Waals surface area (Å²) in [6, 6.07) is 0. The van der Waals surface area contributed by atoms with Crippen LogP contribution in [-0.2, 0) is 0 Å². The van der Waals surface area contributed by atoms with E-state index in [2.05, 4.69) is 6.92 Å². The Balaban J connectivity index is 1.86. The molecular formula is C10H21P. The average molecular weight is 172 g/mol. The van der Waals surface area contributed by atoms with E-state index in [1.165, 1.54) is 25.7 Å². The van der Waals surface area contributed by atoms with Crippen molar-refractivity contribution in [3.8, 4) is 0 Å². The van der Waals surface area contributed by atoms with Crippen molar-refractivity contribution in [3.05, 3.63) is 0 Å². The summed E-state index contributed by atoms with van der Waals surface area (Å²) in [5, 5.41) is 0. The lowest BCUT2D eigenvalue weighted by atomic mass is 10.2. The first kappa shape index (κ1) is 9.52. The molecule has 0 aromatic rings. The first-order valence-corrected chi connectivity index (χ1v) is 7.05. The lowest BCUT2D eigenvalue weighted by Gasteiger charge is -2.08. The van der Waals surface area contributed by atoms with Crippen molar-refractivity contribution in [1.82, 2.24) is 0 Å². The van der Waals surface area contributed by atoms with Crippen LogP contribution in [0.15, 0.2) is 0 Å². The Morgan fingerprint density at radius 3 is 2.36 bits per heavy atom. The van der Waals surface area contributed by atoms with Crippen molar-refractivity contribution in [2.45, 2.75) is 45.4 Å². The largest absolute Gasteiger partial charge is 0.107 e. The van der Waals surface area contributed by atoms with E-state index in [1.807, 2.05) is 0 Å². The van der Waals surface area contributed by atoms with Crippen molar-refractivity contribution >= 4 is 7.92 Å². The predicted octanol–water partition coefficient (Wildman–Crippen LogP) is 3.84. The summed E-state index contributed by atoms with van der Waals surface area (Å²) in [5.74, 6) is 0. The monoisotopic (exact) mass is 172 g/mol. The summed E-state index contributed by atoms with van der Waals surface area (Å²) in [5.41, 5.74) is 0. The zero-order valence-corrected chi connectivity index (χ0v) is 8.71. The van der Waals surface area contributed by atoms with Crippen LogP contribution in [0.4, 0.5) is 0 Å². The molecule has 0 N–H and O–H groups in total. The summed E-state index contributed by atoms with van der Waals surface area (Å²) in [6.45, 7) is 2.29. The Labute approximate surface area is 72.5 Å². The zero-order valence-electron chi connectivity index (χ0n) is 7.81. The fraction of sp³-hybridized carbons (Fsp3) is 1.00. The zero-order chi connectivity index (χ0) is 7.94. The van der Waals surface area contributed by atoms with Crippen LogP contribution in [-0.4, -0.2) is 18.5 Å².